The highest BCUT2D eigenvalue weighted by Gasteiger charge is 2.19. The highest BCUT2D eigenvalue weighted by atomic mass is 32.2. The van der Waals surface area contributed by atoms with Crippen LogP contribution in [-0.2, 0) is 11.3 Å². The Morgan fingerprint density at radius 1 is 1.38 bits per heavy atom. The molecule has 7 nitrogen and oxygen atoms in total. The summed E-state index contributed by atoms with van der Waals surface area (Å²) < 4.78 is 30.0. The molecule has 0 spiro atoms. The van der Waals surface area contributed by atoms with Crippen molar-refractivity contribution in [2.75, 3.05) is 5.32 Å². The van der Waals surface area contributed by atoms with E-state index in [9.17, 15) is 18.4 Å². The summed E-state index contributed by atoms with van der Waals surface area (Å²) in [6, 6.07) is 5.63. The van der Waals surface area contributed by atoms with Crippen molar-refractivity contribution >= 4 is 23.4 Å². The largest absolute Gasteiger partial charge is 0.435 e. The van der Waals surface area contributed by atoms with Gasteiger partial charge in [-0.2, -0.15) is 8.78 Å². The molecular formula is C16H20F2N4O3S. The normalized spacial score (nSPS) is 12.2. The molecule has 0 bridgehead atoms. The number of carbonyl (C=O) groups excluding carboxylic acids is 1. The molecule has 2 aromatic rings. The first kappa shape index (κ1) is 20.0. The summed E-state index contributed by atoms with van der Waals surface area (Å²) in [7, 11) is 0. The van der Waals surface area contributed by atoms with E-state index in [0.717, 1.165) is 12.8 Å². The maximum absolute atomic E-state index is 12.3. The number of aromatic amines is 1. The molecule has 1 atom stereocenters. The molecule has 2 rings (SSSR count). The van der Waals surface area contributed by atoms with Crippen molar-refractivity contribution in [1.82, 2.24) is 14.8 Å². The van der Waals surface area contributed by atoms with Crippen molar-refractivity contribution in [2.24, 2.45) is 0 Å². The number of aromatic nitrogens is 3. The number of hydrogen-bond donors (Lipinski definition) is 2. The lowest BCUT2D eigenvalue weighted by atomic mass is 10.3. The van der Waals surface area contributed by atoms with E-state index in [-0.39, 0.29) is 17.3 Å². The SMILES string of the molecule is CCCCn1c(SC(C)C(=O)Nc2ccc(OC(F)F)cc2)n[nH]c1=O. The van der Waals surface area contributed by atoms with E-state index in [2.05, 4.69) is 20.3 Å². The van der Waals surface area contributed by atoms with Crippen molar-refractivity contribution in [1.29, 1.82) is 0 Å². The van der Waals surface area contributed by atoms with Crippen molar-refractivity contribution in [3.63, 3.8) is 0 Å². The Morgan fingerprint density at radius 3 is 2.69 bits per heavy atom. The van der Waals surface area contributed by atoms with Crippen molar-refractivity contribution in [3.05, 3.63) is 34.7 Å². The monoisotopic (exact) mass is 386 g/mol. The van der Waals surface area contributed by atoms with Gasteiger partial charge in [0.1, 0.15) is 5.75 Å². The molecular weight excluding hydrogens is 366 g/mol. The molecule has 142 valence electrons. The second-order valence-corrected chi connectivity index (χ2v) is 6.78. The van der Waals surface area contributed by atoms with Crippen LogP contribution in [0.15, 0.2) is 34.2 Å². The van der Waals surface area contributed by atoms with Gasteiger partial charge in [0, 0.05) is 12.2 Å². The fourth-order valence-corrected chi connectivity index (χ4v) is 2.96. The number of rotatable bonds is 9. The number of unbranched alkanes of at least 4 members (excludes halogenated alkanes) is 1. The number of amides is 1. The Kier molecular flexibility index (Phi) is 7.19. The Hall–Kier alpha value is -2.36. The third-order valence-corrected chi connectivity index (χ3v) is 4.55. The quantitative estimate of drug-likeness (QED) is 0.647. The lowest BCUT2D eigenvalue weighted by Crippen LogP contribution is -2.24. The fourth-order valence-electron chi connectivity index (χ4n) is 2.08. The molecule has 1 unspecified atom stereocenters. The van der Waals surface area contributed by atoms with Crippen LogP contribution in [0.2, 0.25) is 0 Å². The smallest absolute Gasteiger partial charge is 0.387 e. The standard InChI is InChI=1S/C16H20F2N4O3S/c1-3-4-9-22-15(24)20-21-16(22)26-10(2)13(23)19-11-5-7-12(8-6-11)25-14(17)18/h5-8,10,14H,3-4,9H2,1-2H3,(H,19,23)(H,20,24). The molecule has 0 saturated heterocycles. The first-order valence-electron chi connectivity index (χ1n) is 8.08. The average molecular weight is 386 g/mol. The number of carbonyl (C=O) groups is 1. The summed E-state index contributed by atoms with van der Waals surface area (Å²) in [4.78, 5) is 24.1. The van der Waals surface area contributed by atoms with Crippen LogP contribution in [0.25, 0.3) is 0 Å². The van der Waals surface area contributed by atoms with E-state index in [4.69, 9.17) is 0 Å². The van der Waals surface area contributed by atoms with Gasteiger partial charge in [-0.25, -0.2) is 9.89 Å². The van der Waals surface area contributed by atoms with E-state index in [1.165, 1.54) is 40.6 Å². The number of hydrogen-bond acceptors (Lipinski definition) is 5. The first-order valence-corrected chi connectivity index (χ1v) is 8.96. The number of halogens is 2. The summed E-state index contributed by atoms with van der Waals surface area (Å²) in [6.45, 7) is 1.35. The van der Waals surface area contributed by atoms with Crippen LogP contribution in [0, 0.1) is 0 Å². The Labute approximate surface area is 153 Å². The molecule has 1 heterocycles. The van der Waals surface area contributed by atoms with E-state index in [1.807, 2.05) is 6.92 Å². The van der Waals surface area contributed by atoms with E-state index in [1.54, 1.807) is 6.92 Å². The first-order chi connectivity index (χ1) is 12.4. The summed E-state index contributed by atoms with van der Waals surface area (Å²) in [5.41, 5.74) is 0.151. The third-order valence-electron chi connectivity index (χ3n) is 3.46. The van der Waals surface area contributed by atoms with Gasteiger partial charge < -0.3 is 10.1 Å². The summed E-state index contributed by atoms with van der Waals surface area (Å²) >= 11 is 1.17. The molecule has 0 aliphatic heterocycles. The number of ether oxygens (including phenoxy) is 1. The Balaban J connectivity index is 1.96. The minimum atomic E-state index is -2.90. The Bertz CT molecular complexity index is 777. The van der Waals surface area contributed by atoms with Crippen LogP contribution in [0.1, 0.15) is 26.7 Å². The molecule has 1 amide bonds. The predicted octanol–water partition coefficient (Wildman–Crippen LogP) is 3.09. The highest BCUT2D eigenvalue weighted by Crippen LogP contribution is 2.23. The molecule has 0 fully saturated rings. The minimum absolute atomic E-state index is 0.0110. The molecule has 0 aliphatic rings. The van der Waals surface area contributed by atoms with Gasteiger partial charge in [-0.3, -0.25) is 9.36 Å². The lowest BCUT2D eigenvalue weighted by molar-refractivity contribution is -0.115. The number of nitrogens with zero attached hydrogens (tertiary/aromatic N) is 2. The minimum Gasteiger partial charge on any atom is -0.435 e. The van der Waals surface area contributed by atoms with Gasteiger partial charge in [0.15, 0.2) is 5.16 Å². The van der Waals surface area contributed by atoms with E-state index in [0.29, 0.717) is 17.4 Å². The predicted molar refractivity (Wildman–Crippen MR) is 94.8 cm³/mol. The van der Waals surface area contributed by atoms with Gasteiger partial charge in [0.2, 0.25) is 5.91 Å². The van der Waals surface area contributed by atoms with Crippen molar-refractivity contribution in [2.45, 2.75) is 50.3 Å². The van der Waals surface area contributed by atoms with Crippen LogP contribution in [0.4, 0.5) is 14.5 Å². The van der Waals surface area contributed by atoms with Crippen LogP contribution < -0.4 is 15.7 Å². The third kappa shape index (κ3) is 5.58. The van der Waals surface area contributed by atoms with Crippen molar-refractivity contribution in [3.8, 4) is 5.75 Å². The van der Waals surface area contributed by atoms with Gasteiger partial charge in [0.25, 0.3) is 0 Å². The van der Waals surface area contributed by atoms with Crippen LogP contribution >= 0.6 is 11.8 Å². The molecule has 0 aliphatic carbocycles. The molecule has 2 N–H and O–H groups in total. The Morgan fingerprint density at radius 2 is 2.08 bits per heavy atom. The van der Waals surface area contributed by atoms with Gasteiger partial charge >= 0.3 is 12.3 Å². The van der Waals surface area contributed by atoms with Gasteiger partial charge in [0.05, 0.1) is 5.25 Å². The van der Waals surface area contributed by atoms with Crippen molar-refractivity contribution < 1.29 is 18.3 Å². The van der Waals surface area contributed by atoms with Crippen LogP contribution in [0.3, 0.4) is 0 Å². The number of alkyl halides is 2. The number of thioether (sulfide) groups is 1. The zero-order chi connectivity index (χ0) is 19.1. The maximum atomic E-state index is 12.3. The second-order valence-electron chi connectivity index (χ2n) is 5.47. The number of nitrogens with one attached hydrogen (secondary N) is 2. The summed E-state index contributed by atoms with van der Waals surface area (Å²) in [5.74, 6) is -0.285. The molecule has 0 radical (unpaired) electrons. The van der Waals surface area contributed by atoms with Crippen LogP contribution in [-0.4, -0.2) is 32.5 Å². The van der Waals surface area contributed by atoms with Gasteiger partial charge in [-0.05, 0) is 37.6 Å². The fraction of sp³-hybridized carbons (Fsp3) is 0.438. The van der Waals surface area contributed by atoms with E-state index < -0.39 is 11.9 Å². The maximum Gasteiger partial charge on any atom is 0.387 e. The number of H-pyrrole nitrogens is 1. The average Bonchev–Trinajstić information content (AvgIpc) is 2.94. The van der Waals surface area contributed by atoms with Crippen LogP contribution in [0.5, 0.6) is 5.75 Å². The zero-order valence-electron chi connectivity index (χ0n) is 14.4. The molecule has 26 heavy (non-hydrogen) atoms. The topological polar surface area (TPSA) is 89.0 Å². The molecule has 1 aromatic carbocycles. The lowest BCUT2D eigenvalue weighted by Gasteiger charge is -2.12. The van der Waals surface area contributed by atoms with Gasteiger partial charge in [-0.1, -0.05) is 25.1 Å². The summed E-state index contributed by atoms with van der Waals surface area (Å²) in [6.07, 6.45) is 1.77. The highest BCUT2D eigenvalue weighted by molar-refractivity contribution is 8.00. The molecule has 1 aromatic heterocycles. The second kappa shape index (κ2) is 9.37. The molecule has 0 saturated carbocycles. The summed E-state index contributed by atoms with van der Waals surface area (Å²) in [5, 5.41) is 8.97. The molecule has 10 heteroatoms. The zero-order valence-corrected chi connectivity index (χ0v) is 15.2. The van der Waals surface area contributed by atoms with Gasteiger partial charge in [-0.15, -0.1) is 5.10 Å². The van der Waals surface area contributed by atoms with E-state index >= 15 is 0 Å². The number of benzene rings is 1. The number of anilines is 1.